The molecule has 29 heavy (non-hydrogen) atoms. The summed E-state index contributed by atoms with van der Waals surface area (Å²) in [6, 6.07) is -0.966. The van der Waals surface area contributed by atoms with Crippen LogP contribution in [0.5, 0.6) is 0 Å². The van der Waals surface area contributed by atoms with Gasteiger partial charge in [0.15, 0.2) is 16.3 Å². The summed E-state index contributed by atoms with van der Waals surface area (Å²) in [5.74, 6) is -1.20. The first-order valence-electron chi connectivity index (χ1n) is 9.58. The number of carbonyl (C=O) groups is 3. The van der Waals surface area contributed by atoms with Gasteiger partial charge in [-0.25, -0.2) is 0 Å². The van der Waals surface area contributed by atoms with E-state index in [9.17, 15) is 29.7 Å². The van der Waals surface area contributed by atoms with E-state index in [1.54, 1.807) is 20.8 Å². The molecule has 1 saturated carbocycles. The van der Waals surface area contributed by atoms with Crippen LogP contribution >= 0.6 is 21.6 Å². The van der Waals surface area contributed by atoms with Crippen LogP contribution in [0, 0.1) is 5.41 Å². The van der Waals surface area contributed by atoms with Crippen molar-refractivity contribution >= 4 is 39.2 Å². The highest BCUT2D eigenvalue weighted by molar-refractivity contribution is 8.78. The second kappa shape index (κ2) is 5.31. The Kier molecular flexibility index (Phi) is 3.67. The zero-order chi connectivity index (χ0) is 21.4. The number of piperazine rings is 1. The first-order valence-corrected chi connectivity index (χ1v) is 11.7. The van der Waals surface area contributed by atoms with Gasteiger partial charge in [-0.15, -0.1) is 0 Å². The highest BCUT2D eigenvalue weighted by atomic mass is 33.1. The Morgan fingerprint density at radius 2 is 1.86 bits per heavy atom. The molecule has 0 radical (unpaired) electrons. The van der Waals surface area contributed by atoms with Crippen LogP contribution in [-0.4, -0.2) is 95.6 Å². The molecule has 6 rings (SSSR count). The van der Waals surface area contributed by atoms with Crippen LogP contribution in [0.2, 0.25) is 0 Å². The molecule has 0 aromatic heterocycles. The minimum Gasteiger partial charge on any atom is -0.392 e. The second-order valence-electron chi connectivity index (χ2n) is 9.42. The molecule has 3 N–H and O–H groups in total. The van der Waals surface area contributed by atoms with E-state index in [0.29, 0.717) is 0 Å². The van der Waals surface area contributed by atoms with Gasteiger partial charge in [-0.3, -0.25) is 14.4 Å². The molecule has 2 amide bonds. The van der Waals surface area contributed by atoms with E-state index in [1.165, 1.54) is 16.8 Å². The van der Waals surface area contributed by atoms with Gasteiger partial charge in [0.1, 0.15) is 11.7 Å². The molecule has 0 aromatic carbocycles. The Balaban J connectivity index is 1.63. The minimum absolute atomic E-state index is 0.0888. The quantitative estimate of drug-likeness (QED) is 0.440. The summed E-state index contributed by atoms with van der Waals surface area (Å²) in [5, 5.41) is 32.8. The smallest absolute Gasteiger partial charge is 0.264 e. The van der Waals surface area contributed by atoms with Crippen molar-refractivity contribution < 1.29 is 34.4 Å². The number of aliphatic hydroxyl groups excluding tert-OH is 2. The summed E-state index contributed by atoms with van der Waals surface area (Å²) in [5.41, 5.74) is -4.35. The molecule has 0 unspecified atom stereocenters. The number of ether oxygens (including phenoxy) is 1. The molecule has 2 spiro atoms. The number of fused-ring (bicyclic) bond motifs is 3. The molecule has 7 atom stereocenters. The summed E-state index contributed by atoms with van der Waals surface area (Å²) in [4.78, 5) is 39.6. The first-order chi connectivity index (χ1) is 13.3. The number of likely N-dealkylation sites (N-methyl/N-ethyl adjacent to an activating group) is 1. The largest absolute Gasteiger partial charge is 0.392 e. The van der Waals surface area contributed by atoms with Crippen LogP contribution < -0.4 is 0 Å². The number of Topliss-reactive ketones (excluding diaryl/α,β-unsaturated/α-hetero) is 1. The SMILES string of the molecule is C[C@H]1O[C@@]2(C[C@H]3N4C(=O)[C@@]5(CO)SS[C@]4(C[C@@]3(O)[C@@H]2O)C(=O)N5C)C(=O)C1(C)C. The Hall–Kier alpha value is -0.850. The minimum atomic E-state index is -1.87. The van der Waals surface area contributed by atoms with Gasteiger partial charge in [0, 0.05) is 19.9 Å². The zero-order valence-corrected chi connectivity index (χ0v) is 18.2. The molecule has 9 nitrogen and oxygen atoms in total. The summed E-state index contributed by atoms with van der Waals surface area (Å²) < 4.78 is 5.99. The van der Waals surface area contributed by atoms with Gasteiger partial charge >= 0.3 is 0 Å². The van der Waals surface area contributed by atoms with E-state index in [1.807, 2.05) is 0 Å². The molecule has 6 aliphatic rings. The average Bonchev–Trinajstić information content (AvgIpc) is 3.12. The molecule has 0 aromatic rings. The fourth-order valence-corrected chi connectivity index (χ4v) is 9.41. The fraction of sp³-hybridized carbons (Fsp3) is 0.833. The zero-order valence-electron chi connectivity index (χ0n) is 16.5. The van der Waals surface area contributed by atoms with Crippen molar-refractivity contribution in [2.24, 2.45) is 5.41 Å². The van der Waals surface area contributed by atoms with Crippen molar-refractivity contribution in [3.63, 3.8) is 0 Å². The molecule has 5 heterocycles. The van der Waals surface area contributed by atoms with Gasteiger partial charge in [-0.1, -0.05) is 24.6 Å². The fourth-order valence-electron chi connectivity index (χ4n) is 5.76. The van der Waals surface area contributed by atoms with Gasteiger partial charge in [0.25, 0.3) is 11.8 Å². The van der Waals surface area contributed by atoms with Crippen molar-refractivity contribution in [2.45, 2.75) is 72.8 Å². The van der Waals surface area contributed by atoms with Gasteiger partial charge in [-0.05, 0) is 17.7 Å². The molecule has 1 aliphatic carbocycles. The number of hydrogen-bond acceptors (Lipinski definition) is 9. The third-order valence-electron chi connectivity index (χ3n) is 7.85. The van der Waals surface area contributed by atoms with Crippen LogP contribution in [-0.2, 0) is 19.1 Å². The van der Waals surface area contributed by atoms with E-state index in [4.69, 9.17) is 4.74 Å². The lowest BCUT2D eigenvalue weighted by molar-refractivity contribution is -0.169. The van der Waals surface area contributed by atoms with Gasteiger partial charge < -0.3 is 29.9 Å². The third-order valence-corrected chi connectivity index (χ3v) is 11.5. The van der Waals surface area contributed by atoms with Crippen molar-refractivity contribution in [1.29, 1.82) is 0 Å². The number of ketones is 1. The van der Waals surface area contributed by atoms with Gasteiger partial charge in [0.2, 0.25) is 4.87 Å². The molecule has 2 bridgehead atoms. The molecule has 160 valence electrons. The maximum atomic E-state index is 13.5. The van der Waals surface area contributed by atoms with Crippen molar-refractivity contribution in [2.75, 3.05) is 13.7 Å². The normalized spacial score (nSPS) is 52.7. The second-order valence-corrected chi connectivity index (χ2v) is 12.1. The van der Waals surface area contributed by atoms with Crippen LogP contribution in [0.25, 0.3) is 0 Å². The number of amides is 2. The third kappa shape index (κ3) is 1.82. The van der Waals surface area contributed by atoms with E-state index in [2.05, 4.69) is 0 Å². The maximum Gasteiger partial charge on any atom is 0.264 e. The first kappa shape index (κ1) is 20.1. The van der Waals surface area contributed by atoms with Crippen LogP contribution in [0.15, 0.2) is 0 Å². The average molecular weight is 445 g/mol. The molecule has 11 heteroatoms. The van der Waals surface area contributed by atoms with E-state index in [-0.39, 0.29) is 18.6 Å². The Labute approximate surface area is 175 Å². The number of rotatable bonds is 1. The van der Waals surface area contributed by atoms with Crippen molar-refractivity contribution in [3.8, 4) is 0 Å². The number of nitrogens with zero attached hydrogens (tertiary/aromatic N) is 2. The predicted octanol–water partition coefficient (Wildman–Crippen LogP) is -0.912. The Morgan fingerprint density at radius 1 is 1.21 bits per heavy atom. The predicted molar refractivity (Wildman–Crippen MR) is 103 cm³/mol. The van der Waals surface area contributed by atoms with E-state index >= 15 is 0 Å². The maximum absolute atomic E-state index is 13.5. The molecule has 6 fully saturated rings. The van der Waals surface area contributed by atoms with E-state index < -0.39 is 63.0 Å². The summed E-state index contributed by atoms with van der Waals surface area (Å²) >= 11 is 0. The molecular weight excluding hydrogens is 420 g/mol. The van der Waals surface area contributed by atoms with Crippen LogP contribution in [0.3, 0.4) is 0 Å². The van der Waals surface area contributed by atoms with Crippen molar-refractivity contribution in [1.82, 2.24) is 9.80 Å². The van der Waals surface area contributed by atoms with Crippen molar-refractivity contribution in [3.05, 3.63) is 0 Å². The number of carbonyl (C=O) groups excluding carboxylic acids is 3. The summed E-state index contributed by atoms with van der Waals surface area (Å²) in [7, 11) is 3.70. The van der Waals surface area contributed by atoms with Crippen LogP contribution in [0.4, 0.5) is 0 Å². The Bertz CT molecular complexity index is 869. The lowest BCUT2D eigenvalue weighted by Crippen LogP contribution is -2.77. The number of aliphatic hydroxyl groups is 3. The number of hydrogen-bond donors (Lipinski definition) is 3. The highest BCUT2D eigenvalue weighted by Crippen LogP contribution is 2.68. The summed E-state index contributed by atoms with van der Waals surface area (Å²) in [6.45, 7) is 4.65. The summed E-state index contributed by atoms with van der Waals surface area (Å²) in [6.07, 6.45) is -2.34. The highest BCUT2D eigenvalue weighted by Gasteiger charge is 2.83. The Morgan fingerprint density at radius 3 is 2.41 bits per heavy atom. The molecule has 5 saturated heterocycles. The lowest BCUT2D eigenvalue weighted by Gasteiger charge is -2.58. The van der Waals surface area contributed by atoms with Gasteiger partial charge in [-0.2, -0.15) is 0 Å². The standard InChI is InChI=1S/C18H24N2O7S2/c1-8-14(2,3)10(22)16(27-8)5-9-15(26,11(16)23)6-17-12(24)19(4)18(7-21,29-28-17)13(25)20(9)17/h8-9,11,21,23,26H,5-7H2,1-4H3/t8-,9-,11+,15+,16+,17-,18-/m1/s1. The van der Waals surface area contributed by atoms with E-state index in [0.717, 1.165) is 21.6 Å². The lowest BCUT2D eigenvalue weighted by atomic mass is 9.76. The van der Waals surface area contributed by atoms with Crippen LogP contribution in [0.1, 0.15) is 33.6 Å². The topological polar surface area (TPSA) is 128 Å². The molecule has 5 aliphatic heterocycles. The molecular formula is C18H24N2O7S2. The van der Waals surface area contributed by atoms with Gasteiger partial charge in [0.05, 0.1) is 24.2 Å². The monoisotopic (exact) mass is 444 g/mol.